The Morgan fingerprint density at radius 1 is 0.264 bits per heavy atom. The van der Waals surface area contributed by atoms with Crippen molar-refractivity contribution in [3.63, 3.8) is 0 Å². The van der Waals surface area contributed by atoms with Gasteiger partial charge < -0.3 is 22.2 Å². The normalized spacial score (nSPS) is 14.2. The molecule has 2 aliphatic carbocycles. The van der Waals surface area contributed by atoms with E-state index in [4.69, 9.17) is 0 Å². The monoisotopic (exact) mass is 1710 g/mol. The summed E-state index contributed by atoms with van der Waals surface area (Å²) in [5.74, 6) is 1.15. The number of nitrogens with zero attached hydrogens (tertiary/aromatic N) is 4. The molecule has 4 nitrogen and oxygen atoms in total. The molecule has 125 heavy (non-hydrogen) atoms. The predicted octanol–water partition coefficient (Wildman–Crippen LogP) is 27.8. The number of aromatic nitrogens is 2. The Labute approximate surface area is 758 Å². The van der Waals surface area contributed by atoms with Crippen molar-refractivity contribution >= 4 is 54.4 Å². The fraction of sp³-hybridized carbons (Fsp3) is 0.169. The molecular formula is C118H106Cl2CuN4. The first-order valence-corrected chi connectivity index (χ1v) is 45.3. The molecule has 0 unspecified atom stereocenters. The Morgan fingerprint density at radius 3 is 0.760 bits per heavy atom. The van der Waals surface area contributed by atoms with E-state index >= 15 is 0 Å². The third kappa shape index (κ3) is 15.8. The molecule has 0 saturated heterocycles. The van der Waals surface area contributed by atoms with Gasteiger partial charge in [0, 0.05) is 125 Å². The maximum atomic E-state index is 4.20. The first-order chi connectivity index (χ1) is 60.6. The number of hydrogen-bond donors (Lipinski definition) is 0. The average Bonchev–Trinajstić information content (AvgIpc) is 1.54. The molecule has 20 rings (SSSR count). The summed E-state index contributed by atoms with van der Waals surface area (Å²) in [7, 11) is 4.20. The van der Waals surface area contributed by atoms with Gasteiger partial charge in [0.1, 0.15) is 11.4 Å². The summed E-state index contributed by atoms with van der Waals surface area (Å²) in [6.45, 7) is 30.6. The first kappa shape index (κ1) is 84.9. The molecule has 0 saturated carbocycles. The van der Waals surface area contributed by atoms with Crippen LogP contribution >= 0.6 is 10.1 Å². The van der Waals surface area contributed by atoms with E-state index in [1.54, 1.807) is 0 Å². The van der Waals surface area contributed by atoms with Gasteiger partial charge >= 0.3 is 25.2 Å². The van der Waals surface area contributed by atoms with Gasteiger partial charge in [0.25, 0.3) is 6.33 Å². The van der Waals surface area contributed by atoms with E-state index in [1.165, 1.54) is 201 Å². The van der Waals surface area contributed by atoms with Crippen LogP contribution < -0.4 is 26.8 Å². The van der Waals surface area contributed by atoms with Gasteiger partial charge in [-0.3, -0.25) is 0 Å². The molecule has 0 bridgehead atoms. The molecule has 0 spiro atoms. The summed E-state index contributed by atoms with van der Waals surface area (Å²) in [6.07, 6.45) is 2.46. The summed E-state index contributed by atoms with van der Waals surface area (Å²) in [6, 6.07) is 135. The van der Waals surface area contributed by atoms with Crippen LogP contribution in [0.4, 0.5) is 11.4 Å². The number of aryl methyl sites for hydroxylation is 4. The van der Waals surface area contributed by atoms with Crippen molar-refractivity contribution in [1.29, 1.82) is 0 Å². The van der Waals surface area contributed by atoms with Crippen LogP contribution in [0.25, 0.3) is 66.8 Å². The Morgan fingerprint density at radius 2 is 0.488 bits per heavy atom. The van der Waals surface area contributed by atoms with Gasteiger partial charge in [-0.25, -0.2) is 0 Å². The first-order valence-electron chi connectivity index (χ1n) is 44.1. The molecule has 2 heterocycles. The number of anilines is 2. The minimum absolute atomic E-state index is 0. The minimum atomic E-state index is 0. The summed E-state index contributed by atoms with van der Waals surface area (Å²) in [5.41, 5.74) is 41.4. The van der Waals surface area contributed by atoms with Crippen LogP contribution in [-0.4, -0.2) is 4.57 Å². The predicted molar refractivity (Wildman–Crippen MR) is 519 cm³/mol. The average molecular weight is 1710 g/mol. The number of benzene rings is 16. The van der Waals surface area contributed by atoms with Crippen LogP contribution in [0, 0.1) is 34.4 Å². The van der Waals surface area contributed by atoms with E-state index in [0.717, 1.165) is 0 Å². The number of rotatable bonds is 20. The molecule has 17 aromatic rings. The van der Waals surface area contributed by atoms with Gasteiger partial charge in [-0.2, -0.15) is 9.13 Å². The fourth-order valence-corrected chi connectivity index (χ4v) is 20.6. The summed E-state index contributed by atoms with van der Waals surface area (Å²) < 4.78 is 5.20. The number of fused-ring (bicyclic) bond motifs is 5. The Hall–Kier alpha value is -12.3. The number of halogens is 2. The Bertz CT molecular complexity index is 6130. The molecular weight excluding hydrogens is 1610 g/mol. The van der Waals surface area contributed by atoms with E-state index in [0.29, 0.717) is 0 Å². The van der Waals surface area contributed by atoms with Gasteiger partial charge in [-0.05, 0) is 117 Å². The van der Waals surface area contributed by atoms with Crippen LogP contribution in [0.15, 0.2) is 370 Å². The van der Waals surface area contributed by atoms with E-state index < -0.39 is 0 Å². The van der Waals surface area contributed by atoms with Crippen molar-refractivity contribution in [2.24, 2.45) is 0 Å². The second-order valence-corrected chi connectivity index (χ2v) is 34.8. The van der Waals surface area contributed by atoms with Crippen molar-refractivity contribution in [2.75, 3.05) is 9.80 Å². The van der Waals surface area contributed by atoms with E-state index in [2.05, 4.69) is 504 Å². The number of hydrogen-bond acceptors (Lipinski definition) is 2. The van der Waals surface area contributed by atoms with Gasteiger partial charge in [0.05, 0.1) is 0 Å². The molecule has 0 N–H and O–H groups in total. The molecule has 1 aromatic heterocycles. The molecule has 16 aromatic carbocycles. The van der Waals surface area contributed by atoms with Crippen molar-refractivity contribution in [3.05, 3.63) is 499 Å². The molecule has 3 aliphatic rings. The molecule has 7 heteroatoms. The van der Waals surface area contributed by atoms with Crippen molar-refractivity contribution in [1.82, 2.24) is 4.57 Å². The Kier molecular flexibility index (Phi) is 24.8. The SMILES string of the molecule is Cc1cc([C@H](C)c2ccccc2)c(-n2c[n+](-c3c([C@H](C)c4ccccc4)cc(C)cc3[C@H](C)c3ccccc3)c3c2-c2cccc4cccc-3c24)c([C@H](C)c2ccccc2)c1.Cc1cc([C@H](C)c2ccccc2)c(N2[CH-]N(c3c([C@H](C)c4ccccc4)cc(C)cc3[C@H](C)c3ccccc3)C3=C2c2cccc4cccc3c24)c([C@H](C)c2ccccc2)c1.[Cl-].[Cl][Cu+]. The van der Waals surface area contributed by atoms with Gasteiger partial charge in [-0.1, -0.05) is 429 Å². The van der Waals surface area contributed by atoms with E-state index in [1.807, 2.05) is 0 Å². The summed E-state index contributed by atoms with van der Waals surface area (Å²) >= 11 is 3.66. The van der Waals surface area contributed by atoms with Crippen molar-refractivity contribution < 1.29 is 32.1 Å². The Balaban J connectivity index is 0.000000172. The van der Waals surface area contributed by atoms with Crippen LogP contribution in [0.3, 0.4) is 0 Å². The van der Waals surface area contributed by atoms with Gasteiger partial charge in [0.2, 0.25) is 0 Å². The zero-order valence-electron chi connectivity index (χ0n) is 73.3. The summed E-state index contributed by atoms with van der Waals surface area (Å²) in [5, 5.41) is 5.18. The molecule has 8 atom stereocenters. The molecule has 0 amide bonds. The quantitative estimate of drug-likeness (QED) is 0.0429. The second kappa shape index (κ2) is 36.5. The van der Waals surface area contributed by atoms with Crippen LogP contribution in [0.2, 0.25) is 0 Å². The molecule has 0 radical (unpaired) electrons. The summed E-state index contributed by atoms with van der Waals surface area (Å²) in [4.78, 5) is 5.20. The van der Waals surface area contributed by atoms with Crippen molar-refractivity contribution in [2.45, 2.75) is 130 Å². The maximum absolute atomic E-state index is 4.20. The van der Waals surface area contributed by atoms with Crippen molar-refractivity contribution in [3.8, 4) is 33.9 Å². The van der Waals surface area contributed by atoms with Crippen LogP contribution in [0.1, 0.15) is 225 Å². The third-order valence-electron chi connectivity index (χ3n) is 27.0. The zero-order valence-corrected chi connectivity index (χ0v) is 75.7. The van der Waals surface area contributed by atoms with Gasteiger partial charge in [-0.15, -0.1) is 6.67 Å². The van der Waals surface area contributed by atoms with Crippen LogP contribution in [0.5, 0.6) is 0 Å². The topological polar surface area (TPSA) is 15.3 Å². The fourth-order valence-electron chi connectivity index (χ4n) is 20.6. The molecule has 623 valence electrons. The van der Waals surface area contributed by atoms with E-state index in [9.17, 15) is 0 Å². The second-order valence-electron chi connectivity index (χ2n) is 34.8. The third-order valence-corrected chi connectivity index (χ3v) is 27.0. The molecule has 0 fully saturated rings. The molecule has 1 aliphatic heterocycles. The van der Waals surface area contributed by atoms with Crippen LogP contribution in [-0.2, 0) is 15.1 Å². The number of imidazole rings is 1. The standard InChI is InChI=1S/2C59H53N2.2ClH.Cu/c2*1-38-33-51(40(3)44-21-11-7-12-22-44)56(52(34-38)41(4)45-23-13-8-14-24-45)60-37-61(59-50-32-20-30-48-29-19-31-49(55(48)50)58(59)60)57-53(42(5)46-25-15-9-16-26-46)35-39(2)36-54(57)43(6)47-27-17-10-18-28-47;;;/h2*7-37,40-43H,1-6H3;2*1H;/q-1;+1;;;+2/p-2/t2*40-,41-,42-,43-;;;/m11.../s1. The zero-order chi connectivity index (χ0) is 85.6. The van der Waals surface area contributed by atoms with E-state index in [-0.39, 0.29) is 59.8 Å². The van der Waals surface area contributed by atoms with Gasteiger partial charge in [0.15, 0.2) is 11.4 Å².